The Morgan fingerprint density at radius 2 is 1.17 bits per heavy atom. The lowest BCUT2D eigenvalue weighted by atomic mass is 10.0. The van der Waals surface area contributed by atoms with Gasteiger partial charge < -0.3 is 29.2 Å². The molecule has 0 aromatic heterocycles. The molecule has 1 heterocycles. The summed E-state index contributed by atoms with van der Waals surface area (Å²) in [4.78, 5) is 0. The van der Waals surface area contributed by atoms with Crippen molar-refractivity contribution < 1.29 is 29.2 Å². The Balaban J connectivity index is 1.44. The summed E-state index contributed by atoms with van der Waals surface area (Å²) in [5.41, 5.74) is 3.16. The second-order valence-corrected chi connectivity index (χ2v) is 8.74. The summed E-state index contributed by atoms with van der Waals surface area (Å²) in [5.74, 6) is 0. The molecule has 0 unspecified atom stereocenters. The van der Waals surface area contributed by atoms with Crippen molar-refractivity contribution in [2.24, 2.45) is 0 Å². The third-order valence-electron chi connectivity index (χ3n) is 6.14. The molecule has 0 radical (unpaired) electrons. The number of rotatable bonds is 13. The highest BCUT2D eigenvalue weighted by atomic mass is 16.6. The quantitative estimate of drug-likeness (QED) is 0.363. The molecule has 1 aliphatic rings. The average molecular weight is 479 g/mol. The first kappa shape index (κ1) is 25.5. The zero-order valence-corrected chi connectivity index (χ0v) is 19.8. The molecule has 0 spiro atoms. The highest BCUT2D eigenvalue weighted by Crippen LogP contribution is 2.32. The van der Waals surface area contributed by atoms with Gasteiger partial charge in [0.25, 0.3) is 0 Å². The van der Waals surface area contributed by atoms with Gasteiger partial charge in [-0.3, -0.25) is 0 Å². The van der Waals surface area contributed by atoms with Crippen LogP contribution in [0.25, 0.3) is 0 Å². The van der Waals surface area contributed by atoms with Crippen molar-refractivity contribution in [2.45, 2.75) is 56.8 Å². The van der Waals surface area contributed by atoms with Crippen LogP contribution in [0.2, 0.25) is 0 Å². The summed E-state index contributed by atoms with van der Waals surface area (Å²) in [6.45, 7) is 1.31. The number of aliphatic hydroxyl groups excluding tert-OH is 2. The lowest BCUT2D eigenvalue weighted by Gasteiger charge is -2.26. The van der Waals surface area contributed by atoms with E-state index in [2.05, 4.69) is 0 Å². The highest BCUT2D eigenvalue weighted by Gasteiger charge is 2.48. The summed E-state index contributed by atoms with van der Waals surface area (Å²) >= 11 is 0. The molecule has 6 nitrogen and oxygen atoms in total. The fourth-order valence-corrected chi connectivity index (χ4v) is 4.29. The van der Waals surface area contributed by atoms with Crippen molar-refractivity contribution in [3.05, 3.63) is 108 Å². The molecule has 0 saturated carbocycles. The van der Waals surface area contributed by atoms with Crippen LogP contribution < -0.4 is 0 Å². The van der Waals surface area contributed by atoms with Crippen molar-refractivity contribution in [3.8, 4) is 0 Å². The topological polar surface area (TPSA) is 77.4 Å². The Morgan fingerprint density at radius 3 is 1.69 bits per heavy atom. The average Bonchev–Trinajstić information content (AvgIpc) is 3.27. The Bertz CT molecular complexity index is 968. The molecule has 1 fully saturated rings. The normalized spacial score (nSPS) is 22.8. The van der Waals surface area contributed by atoms with Crippen LogP contribution in [-0.4, -0.2) is 53.9 Å². The van der Waals surface area contributed by atoms with Crippen molar-refractivity contribution in [1.29, 1.82) is 0 Å². The molecular weight excluding hydrogens is 444 g/mol. The lowest BCUT2D eigenvalue weighted by Crippen LogP contribution is -2.43. The van der Waals surface area contributed by atoms with Crippen molar-refractivity contribution in [2.75, 3.05) is 13.2 Å². The molecule has 1 aliphatic heterocycles. The second-order valence-electron chi connectivity index (χ2n) is 8.74. The van der Waals surface area contributed by atoms with Crippen molar-refractivity contribution in [1.82, 2.24) is 0 Å². The molecule has 3 aromatic rings. The maximum absolute atomic E-state index is 10.5. The van der Waals surface area contributed by atoms with Gasteiger partial charge in [-0.1, -0.05) is 91.0 Å². The summed E-state index contributed by atoms with van der Waals surface area (Å²) in [7, 11) is 0. The van der Waals surface area contributed by atoms with E-state index in [1.165, 1.54) is 0 Å². The third-order valence-corrected chi connectivity index (χ3v) is 6.14. The maximum Gasteiger partial charge on any atom is 0.115 e. The Kier molecular flexibility index (Phi) is 9.84. The van der Waals surface area contributed by atoms with Crippen LogP contribution in [0.5, 0.6) is 0 Å². The monoisotopic (exact) mass is 478 g/mol. The summed E-state index contributed by atoms with van der Waals surface area (Å²) in [6, 6.07) is 29.8. The fourth-order valence-electron chi connectivity index (χ4n) is 4.29. The Morgan fingerprint density at radius 1 is 0.686 bits per heavy atom. The highest BCUT2D eigenvalue weighted by molar-refractivity contribution is 5.15. The van der Waals surface area contributed by atoms with Gasteiger partial charge >= 0.3 is 0 Å². The van der Waals surface area contributed by atoms with Gasteiger partial charge in [0, 0.05) is 6.61 Å². The van der Waals surface area contributed by atoms with Gasteiger partial charge in [0.2, 0.25) is 0 Å². The van der Waals surface area contributed by atoms with Gasteiger partial charge in [0.15, 0.2) is 0 Å². The van der Waals surface area contributed by atoms with E-state index in [0.29, 0.717) is 32.8 Å². The zero-order chi connectivity index (χ0) is 24.3. The van der Waals surface area contributed by atoms with E-state index in [1.54, 1.807) is 0 Å². The van der Waals surface area contributed by atoms with E-state index in [1.807, 2.05) is 91.0 Å². The minimum absolute atomic E-state index is 0.346. The first-order chi connectivity index (χ1) is 17.2. The maximum atomic E-state index is 10.5. The summed E-state index contributed by atoms with van der Waals surface area (Å²) in [5, 5.41) is 20.2. The van der Waals surface area contributed by atoms with E-state index in [0.717, 1.165) is 16.7 Å². The van der Waals surface area contributed by atoms with E-state index < -0.39 is 31.0 Å². The number of benzene rings is 3. The molecule has 4 rings (SSSR count). The number of hydrogen-bond donors (Lipinski definition) is 2. The van der Waals surface area contributed by atoms with Gasteiger partial charge in [0.05, 0.1) is 32.5 Å². The molecule has 0 bridgehead atoms. The molecule has 186 valence electrons. The molecular formula is C29H34O6. The minimum atomic E-state index is -1.08. The van der Waals surface area contributed by atoms with Crippen LogP contribution in [0, 0.1) is 0 Å². The summed E-state index contributed by atoms with van der Waals surface area (Å²) in [6.07, 6.45) is -2.52. The van der Waals surface area contributed by atoms with Crippen LogP contribution in [0.4, 0.5) is 0 Å². The zero-order valence-electron chi connectivity index (χ0n) is 19.8. The fraction of sp³-hybridized carbons (Fsp3) is 0.379. The number of aliphatic hydroxyl groups is 2. The Hall–Kier alpha value is -2.58. The number of ether oxygens (including phenoxy) is 4. The molecule has 0 amide bonds. The van der Waals surface area contributed by atoms with Crippen LogP contribution in [0.3, 0.4) is 0 Å². The molecule has 1 saturated heterocycles. The molecule has 0 aliphatic carbocycles. The third kappa shape index (κ3) is 7.45. The standard InChI is InChI=1S/C29H34O6/c30-18-25(31)27-29(34-21-24-14-8-3-9-15-24)28(33-20-23-12-6-2-7-13-23)26(35-27)16-17-32-19-22-10-4-1-5-11-22/h1-15,25-31H,16-21H2/t25-,26-,27-,28+,29+/m1/s1. The summed E-state index contributed by atoms with van der Waals surface area (Å²) < 4.78 is 24.7. The van der Waals surface area contributed by atoms with Crippen molar-refractivity contribution >= 4 is 0 Å². The number of hydrogen-bond acceptors (Lipinski definition) is 6. The van der Waals surface area contributed by atoms with Crippen LogP contribution in [-0.2, 0) is 38.8 Å². The largest absolute Gasteiger partial charge is 0.394 e. The lowest BCUT2D eigenvalue weighted by molar-refractivity contribution is -0.109. The molecule has 5 atom stereocenters. The van der Waals surface area contributed by atoms with Crippen LogP contribution in [0.15, 0.2) is 91.0 Å². The Labute approximate surface area is 207 Å². The SMILES string of the molecule is OC[C@@H](O)[C@H]1O[C@H](CCOCc2ccccc2)[C@H](OCc2ccccc2)[C@H]1OCc1ccccc1. The van der Waals surface area contributed by atoms with Gasteiger partial charge in [-0.15, -0.1) is 0 Å². The first-order valence-corrected chi connectivity index (χ1v) is 12.1. The predicted octanol–water partition coefficient (Wildman–Crippen LogP) is 3.88. The first-order valence-electron chi connectivity index (χ1n) is 12.1. The minimum Gasteiger partial charge on any atom is -0.394 e. The molecule has 2 N–H and O–H groups in total. The van der Waals surface area contributed by atoms with Gasteiger partial charge in [0.1, 0.15) is 24.4 Å². The molecule has 6 heteroatoms. The molecule has 3 aromatic carbocycles. The van der Waals surface area contributed by atoms with E-state index >= 15 is 0 Å². The molecule has 35 heavy (non-hydrogen) atoms. The van der Waals surface area contributed by atoms with Crippen molar-refractivity contribution in [3.63, 3.8) is 0 Å². The smallest absolute Gasteiger partial charge is 0.115 e. The van der Waals surface area contributed by atoms with Crippen LogP contribution in [0.1, 0.15) is 23.1 Å². The van der Waals surface area contributed by atoms with E-state index in [9.17, 15) is 10.2 Å². The van der Waals surface area contributed by atoms with E-state index in [-0.39, 0.29) is 6.10 Å². The van der Waals surface area contributed by atoms with Gasteiger partial charge in [-0.05, 0) is 23.1 Å². The van der Waals surface area contributed by atoms with Crippen LogP contribution >= 0.6 is 0 Å². The van der Waals surface area contributed by atoms with Gasteiger partial charge in [-0.25, -0.2) is 0 Å². The van der Waals surface area contributed by atoms with E-state index in [4.69, 9.17) is 18.9 Å². The second kappa shape index (κ2) is 13.5. The van der Waals surface area contributed by atoms with Gasteiger partial charge in [-0.2, -0.15) is 0 Å². The predicted molar refractivity (Wildman–Crippen MR) is 133 cm³/mol.